The molecule has 18 heavy (non-hydrogen) atoms. The molecule has 1 rings (SSSR count). The lowest BCUT2D eigenvalue weighted by molar-refractivity contribution is -0.182. The highest BCUT2D eigenvalue weighted by Crippen LogP contribution is 2.13. The maximum absolute atomic E-state index is 11.3. The number of nitrogens with zero attached hydrogens (tertiary/aromatic N) is 3. The molecule has 1 heterocycles. The van der Waals surface area contributed by atoms with E-state index in [1.165, 1.54) is 0 Å². The first kappa shape index (κ1) is 14.5. The van der Waals surface area contributed by atoms with Crippen LogP contribution in [0.3, 0.4) is 0 Å². The average molecular weight is 255 g/mol. The Morgan fingerprint density at radius 1 is 1.56 bits per heavy atom. The molecule has 7 nitrogen and oxygen atoms in total. The average Bonchev–Trinajstić information content (AvgIpc) is 2.38. The van der Waals surface area contributed by atoms with Crippen LogP contribution in [0.5, 0.6) is 0 Å². The van der Waals surface area contributed by atoms with Crippen molar-refractivity contribution in [2.75, 3.05) is 19.8 Å². The first-order valence-corrected chi connectivity index (χ1v) is 5.78. The van der Waals surface area contributed by atoms with Crippen molar-refractivity contribution in [1.29, 1.82) is 0 Å². The van der Waals surface area contributed by atoms with Gasteiger partial charge in [0.25, 0.3) is 0 Å². The summed E-state index contributed by atoms with van der Waals surface area (Å²) in [4.78, 5) is 14.0. The second-order valence-electron chi connectivity index (χ2n) is 3.80. The van der Waals surface area contributed by atoms with Gasteiger partial charge in [0.15, 0.2) is 6.29 Å². The zero-order valence-electron chi connectivity index (χ0n) is 10.5. The fourth-order valence-electron chi connectivity index (χ4n) is 1.41. The molecule has 1 aliphatic rings. The van der Waals surface area contributed by atoms with Gasteiger partial charge in [0.05, 0.1) is 25.9 Å². The summed E-state index contributed by atoms with van der Waals surface area (Å²) < 4.78 is 15.5. The molecule has 1 fully saturated rings. The van der Waals surface area contributed by atoms with Crippen molar-refractivity contribution in [2.45, 2.75) is 32.6 Å². The second-order valence-corrected chi connectivity index (χ2v) is 3.80. The van der Waals surface area contributed by atoms with Gasteiger partial charge in [-0.2, -0.15) is 0 Å². The van der Waals surface area contributed by atoms with Crippen LogP contribution in [0.15, 0.2) is 16.8 Å². The van der Waals surface area contributed by atoms with Crippen molar-refractivity contribution in [2.24, 2.45) is 5.11 Å². The molecule has 0 N–H and O–H groups in total. The van der Waals surface area contributed by atoms with Gasteiger partial charge in [-0.25, -0.2) is 4.79 Å². The Morgan fingerprint density at radius 3 is 2.78 bits per heavy atom. The molecule has 1 saturated heterocycles. The quantitative estimate of drug-likeness (QED) is 0.246. The summed E-state index contributed by atoms with van der Waals surface area (Å²) in [6.45, 7) is 4.47. The third kappa shape index (κ3) is 4.75. The molecule has 0 aromatic carbocycles. The summed E-state index contributed by atoms with van der Waals surface area (Å²) in [7, 11) is 0. The molecule has 1 aliphatic heterocycles. The molecule has 7 heteroatoms. The van der Waals surface area contributed by atoms with E-state index in [1.807, 2.05) is 0 Å². The number of esters is 1. The van der Waals surface area contributed by atoms with Crippen molar-refractivity contribution in [3.63, 3.8) is 0 Å². The van der Waals surface area contributed by atoms with E-state index in [0.29, 0.717) is 31.8 Å². The number of carbonyl (C=O) groups excluding carboxylic acids is 1. The van der Waals surface area contributed by atoms with Crippen LogP contribution in [-0.4, -0.2) is 38.1 Å². The van der Waals surface area contributed by atoms with Crippen LogP contribution in [-0.2, 0) is 19.0 Å². The Morgan fingerprint density at radius 2 is 2.22 bits per heavy atom. The molecule has 0 bridgehead atoms. The molecule has 0 aromatic heterocycles. The minimum absolute atomic E-state index is 0.276. The van der Waals surface area contributed by atoms with Crippen molar-refractivity contribution in [1.82, 2.24) is 0 Å². The van der Waals surface area contributed by atoms with Crippen LogP contribution in [0.2, 0.25) is 0 Å². The lowest BCUT2D eigenvalue weighted by Gasteiger charge is -2.26. The van der Waals surface area contributed by atoms with Crippen LogP contribution in [0.25, 0.3) is 10.4 Å². The molecular weight excluding hydrogens is 238 g/mol. The molecule has 0 atom stereocenters. The molecule has 0 spiro atoms. The van der Waals surface area contributed by atoms with Crippen LogP contribution < -0.4 is 0 Å². The predicted octanol–water partition coefficient (Wildman–Crippen LogP) is 1.94. The first-order valence-electron chi connectivity index (χ1n) is 5.78. The molecule has 0 amide bonds. The fourth-order valence-corrected chi connectivity index (χ4v) is 1.41. The minimum Gasteiger partial charge on any atom is -0.463 e. The predicted molar refractivity (Wildman–Crippen MR) is 63.6 cm³/mol. The third-order valence-corrected chi connectivity index (χ3v) is 2.38. The SMILES string of the molecule is CCOC(=O)/C(C)=C/C[C@H]1OC[C@@H](N=[N+]=[N-])CO1. The molecular formula is C11H17N3O4. The zero-order valence-corrected chi connectivity index (χ0v) is 10.5. The highest BCUT2D eigenvalue weighted by atomic mass is 16.7. The van der Waals surface area contributed by atoms with Gasteiger partial charge in [-0.05, 0) is 19.4 Å². The summed E-state index contributed by atoms with van der Waals surface area (Å²) in [6.07, 6.45) is 1.78. The van der Waals surface area contributed by atoms with E-state index in [4.69, 9.17) is 19.7 Å². The van der Waals surface area contributed by atoms with Gasteiger partial charge in [-0.1, -0.05) is 11.2 Å². The summed E-state index contributed by atoms with van der Waals surface area (Å²) in [5, 5.41) is 3.51. The van der Waals surface area contributed by atoms with E-state index in [1.54, 1.807) is 19.9 Å². The Kier molecular flexibility index (Phi) is 6.21. The largest absolute Gasteiger partial charge is 0.463 e. The standard InChI is InChI=1S/C11H17N3O4/c1-3-16-11(15)8(2)4-5-10-17-6-9(7-18-10)13-14-12/h4,9-10H,3,5-7H2,1-2H3/b8-4+/t9-,10+. The van der Waals surface area contributed by atoms with Gasteiger partial charge >= 0.3 is 5.97 Å². The van der Waals surface area contributed by atoms with Gasteiger partial charge in [0.2, 0.25) is 0 Å². The van der Waals surface area contributed by atoms with E-state index in [0.717, 1.165) is 0 Å². The van der Waals surface area contributed by atoms with Crippen molar-refractivity contribution in [3.05, 3.63) is 22.1 Å². The molecule has 0 aliphatic carbocycles. The molecule has 100 valence electrons. The monoisotopic (exact) mass is 255 g/mol. The fraction of sp³-hybridized carbons (Fsp3) is 0.727. The van der Waals surface area contributed by atoms with E-state index >= 15 is 0 Å². The molecule has 0 radical (unpaired) electrons. The summed E-state index contributed by atoms with van der Waals surface area (Å²) in [5.41, 5.74) is 8.79. The van der Waals surface area contributed by atoms with Crippen molar-refractivity contribution >= 4 is 5.97 Å². The van der Waals surface area contributed by atoms with Crippen LogP contribution in [0.4, 0.5) is 0 Å². The smallest absolute Gasteiger partial charge is 0.333 e. The minimum atomic E-state index is -0.403. The van der Waals surface area contributed by atoms with E-state index in [-0.39, 0.29) is 12.0 Å². The first-order chi connectivity index (χ1) is 8.67. The number of ether oxygens (including phenoxy) is 3. The van der Waals surface area contributed by atoms with Gasteiger partial charge in [-0.15, -0.1) is 0 Å². The van der Waals surface area contributed by atoms with Crippen LogP contribution >= 0.6 is 0 Å². The molecule has 0 unspecified atom stereocenters. The number of hydrogen-bond acceptors (Lipinski definition) is 5. The number of carbonyl (C=O) groups is 1. The normalized spacial score (nSPS) is 24.2. The third-order valence-electron chi connectivity index (χ3n) is 2.38. The topological polar surface area (TPSA) is 93.5 Å². The molecule has 0 saturated carbocycles. The van der Waals surface area contributed by atoms with E-state index < -0.39 is 6.29 Å². The van der Waals surface area contributed by atoms with Crippen molar-refractivity contribution < 1.29 is 19.0 Å². The van der Waals surface area contributed by atoms with Gasteiger partial charge in [0.1, 0.15) is 0 Å². The second kappa shape index (κ2) is 7.71. The number of azide groups is 1. The lowest BCUT2D eigenvalue weighted by Crippen LogP contribution is -2.34. The Bertz CT molecular complexity index is 355. The highest BCUT2D eigenvalue weighted by molar-refractivity contribution is 5.87. The van der Waals surface area contributed by atoms with Gasteiger partial charge in [0, 0.05) is 16.9 Å². The Balaban J connectivity index is 2.35. The zero-order chi connectivity index (χ0) is 13.4. The summed E-state index contributed by atoms with van der Waals surface area (Å²) in [5.74, 6) is -0.333. The van der Waals surface area contributed by atoms with Crippen LogP contribution in [0.1, 0.15) is 20.3 Å². The number of rotatable bonds is 5. The maximum Gasteiger partial charge on any atom is 0.333 e. The summed E-state index contributed by atoms with van der Waals surface area (Å²) >= 11 is 0. The van der Waals surface area contributed by atoms with Crippen molar-refractivity contribution in [3.8, 4) is 0 Å². The van der Waals surface area contributed by atoms with Gasteiger partial charge in [-0.3, -0.25) is 0 Å². The number of hydrogen-bond donors (Lipinski definition) is 0. The Hall–Kier alpha value is -1.56. The van der Waals surface area contributed by atoms with E-state index in [2.05, 4.69) is 10.0 Å². The molecule has 0 aromatic rings. The summed E-state index contributed by atoms with van der Waals surface area (Å²) in [6, 6.07) is -0.276. The maximum atomic E-state index is 11.3. The highest BCUT2D eigenvalue weighted by Gasteiger charge is 2.20. The Labute approximate surface area is 105 Å². The van der Waals surface area contributed by atoms with Crippen LogP contribution in [0, 0.1) is 0 Å². The van der Waals surface area contributed by atoms with E-state index in [9.17, 15) is 4.79 Å². The van der Waals surface area contributed by atoms with Gasteiger partial charge < -0.3 is 14.2 Å². The lowest BCUT2D eigenvalue weighted by atomic mass is 10.2.